The van der Waals surface area contributed by atoms with Crippen LogP contribution in [-0.2, 0) is 6.54 Å². The molecule has 0 atom stereocenters. The number of rotatable bonds is 4. The first-order valence-corrected chi connectivity index (χ1v) is 5.73. The van der Waals surface area contributed by atoms with Crippen LogP contribution in [0.2, 0.25) is 0 Å². The van der Waals surface area contributed by atoms with Gasteiger partial charge in [-0.05, 0) is 18.4 Å². The topological polar surface area (TPSA) is 29.9 Å². The Labute approximate surface area is 95.1 Å². The fraction of sp³-hybridized carbons (Fsp3) is 0.308. The number of aromatic nitrogens is 2. The molecule has 82 valence electrons. The van der Waals surface area contributed by atoms with Crippen LogP contribution in [0.5, 0.6) is 0 Å². The molecule has 1 aromatic heterocycles. The van der Waals surface area contributed by atoms with Crippen molar-refractivity contribution in [1.29, 1.82) is 0 Å². The lowest BCUT2D eigenvalue weighted by molar-refractivity contribution is 0.687. The highest BCUT2D eigenvalue weighted by molar-refractivity contribution is 5.40. The van der Waals surface area contributed by atoms with Crippen LogP contribution < -0.4 is 5.32 Å². The van der Waals surface area contributed by atoms with E-state index in [2.05, 4.69) is 40.9 Å². The van der Waals surface area contributed by atoms with E-state index in [1.807, 2.05) is 16.9 Å². The molecular formula is C13H15N3. The van der Waals surface area contributed by atoms with Crippen molar-refractivity contribution < 1.29 is 0 Å². The fourth-order valence-corrected chi connectivity index (χ4v) is 1.76. The highest BCUT2D eigenvalue weighted by Gasteiger charge is 2.21. The van der Waals surface area contributed by atoms with Gasteiger partial charge in [0, 0.05) is 12.2 Å². The molecule has 1 fully saturated rings. The maximum Gasteiger partial charge on any atom is 0.0728 e. The largest absolute Gasteiger partial charge is 0.380 e. The highest BCUT2D eigenvalue weighted by atomic mass is 15.3. The van der Waals surface area contributed by atoms with Gasteiger partial charge in [0.2, 0.25) is 0 Å². The Kier molecular flexibility index (Phi) is 2.37. The Morgan fingerprint density at radius 1 is 1.25 bits per heavy atom. The van der Waals surface area contributed by atoms with E-state index in [4.69, 9.17) is 0 Å². The molecule has 0 unspecified atom stereocenters. The number of benzene rings is 1. The minimum Gasteiger partial charge on any atom is -0.380 e. The van der Waals surface area contributed by atoms with Gasteiger partial charge in [-0.3, -0.25) is 4.68 Å². The van der Waals surface area contributed by atoms with Gasteiger partial charge in [0.25, 0.3) is 0 Å². The van der Waals surface area contributed by atoms with Crippen molar-refractivity contribution in [3.8, 4) is 0 Å². The summed E-state index contributed by atoms with van der Waals surface area (Å²) in [6.07, 6.45) is 6.57. The maximum atomic E-state index is 4.35. The normalized spacial score (nSPS) is 15.0. The summed E-state index contributed by atoms with van der Waals surface area (Å²) in [4.78, 5) is 0. The van der Waals surface area contributed by atoms with Crippen LogP contribution in [0, 0.1) is 0 Å². The third-order valence-electron chi connectivity index (χ3n) is 2.77. The van der Waals surface area contributed by atoms with Crippen molar-refractivity contribution in [3.05, 3.63) is 48.3 Å². The molecule has 0 bridgehead atoms. The lowest BCUT2D eigenvalue weighted by atomic mass is 10.2. The van der Waals surface area contributed by atoms with E-state index in [1.54, 1.807) is 0 Å². The lowest BCUT2D eigenvalue weighted by Crippen LogP contribution is -2.01. The van der Waals surface area contributed by atoms with Gasteiger partial charge in [-0.2, -0.15) is 5.10 Å². The van der Waals surface area contributed by atoms with Crippen LogP contribution in [0.4, 0.5) is 5.69 Å². The molecule has 2 aromatic rings. The molecule has 3 rings (SSSR count). The molecule has 1 aliphatic rings. The molecule has 1 aromatic carbocycles. The average molecular weight is 213 g/mol. The van der Waals surface area contributed by atoms with E-state index in [1.165, 1.54) is 18.4 Å². The van der Waals surface area contributed by atoms with Gasteiger partial charge in [-0.15, -0.1) is 0 Å². The van der Waals surface area contributed by atoms with Crippen molar-refractivity contribution >= 4 is 5.69 Å². The summed E-state index contributed by atoms with van der Waals surface area (Å²) in [6, 6.07) is 11.1. The smallest absolute Gasteiger partial charge is 0.0728 e. The van der Waals surface area contributed by atoms with Crippen LogP contribution in [-0.4, -0.2) is 15.8 Å². The zero-order valence-electron chi connectivity index (χ0n) is 9.13. The van der Waals surface area contributed by atoms with Crippen molar-refractivity contribution in [3.63, 3.8) is 0 Å². The summed E-state index contributed by atoms with van der Waals surface area (Å²) >= 11 is 0. The lowest BCUT2D eigenvalue weighted by Gasteiger charge is -2.01. The van der Waals surface area contributed by atoms with Gasteiger partial charge in [0.1, 0.15) is 0 Å². The van der Waals surface area contributed by atoms with Crippen LogP contribution in [0.25, 0.3) is 0 Å². The molecule has 0 amide bonds. The van der Waals surface area contributed by atoms with Gasteiger partial charge < -0.3 is 5.32 Å². The van der Waals surface area contributed by atoms with Crippen molar-refractivity contribution in [2.75, 3.05) is 5.32 Å². The molecule has 16 heavy (non-hydrogen) atoms. The third kappa shape index (κ3) is 2.24. The second kappa shape index (κ2) is 4.00. The monoisotopic (exact) mass is 213 g/mol. The number of nitrogens with zero attached hydrogens (tertiary/aromatic N) is 2. The highest BCUT2D eigenvalue weighted by Crippen LogP contribution is 2.24. The Balaban J connectivity index is 1.67. The second-order valence-electron chi connectivity index (χ2n) is 4.33. The Morgan fingerprint density at radius 2 is 2.06 bits per heavy atom. The minimum atomic E-state index is 0.689. The first kappa shape index (κ1) is 9.46. The predicted octanol–water partition coefficient (Wildman–Crippen LogP) is 2.51. The van der Waals surface area contributed by atoms with E-state index >= 15 is 0 Å². The van der Waals surface area contributed by atoms with E-state index < -0.39 is 0 Å². The standard InChI is InChI=1S/C13H15N3/c1-2-4-11(5-3-1)9-16-10-13(8-14-16)15-12-6-7-12/h1-5,8,10,12,15H,6-7,9H2. The van der Waals surface area contributed by atoms with Crippen molar-refractivity contribution in [2.24, 2.45) is 0 Å². The summed E-state index contributed by atoms with van der Waals surface area (Å²) in [5, 5.41) is 7.79. The second-order valence-corrected chi connectivity index (χ2v) is 4.33. The molecule has 3 nitrogen and oxygen atoms in total. The Morgan fingerprint density at radius 3 is 2.81 bits per heavy atom. The zero-order valence-corrected chi connectivity index (χ0v) is 9.13. The molecule has 1 aliphatic carbocycles. The average Bonchev–Trinajstić information content (AvgIpc) is 3.01. The molecular weight excluding hydrogens is 198 g/mol. The number of anilines is 1. The third-order valence-corrected chi connectivity index (χ3v) is 2.77. The first-order valence-electron chi connectivity index (χ1n) is 5.73. The summed E-state index contributed by atoms with van der Waals surface area (Å²) in [6.45, 7) is 0.840. The molecule has 0 radical (unpaired) electrons. The van der Waals surface area contributed by atoms with Crippen molar-refractivity contribution in [2.45, 2.75) is 25.4 Å². The van der Waals surface area contributed by atoms with E-state index in [-0.39, 0.29) is 0 Å². The number of hydrogen-bond donors (Lipinski definition) is 1. The zero-order chi connectivity index (χ0) is 10.8. The maximum absolute atomic E-state index is 4.35. The predicted molar refractivity (Wildman–Crippen MR) is 64.4 cm³/mol. The van der Waals surface area contributed by atoms with Gasteiger partial charge in [-0.1, -0.05) is 30.3 Å². The summed E-state index contributed by atoms with van der Waals surface area (Å²) in [5.74, 6) is 0. The summed E-state index contributed by atoms with van der Waals surface area (Å²) in [7, 11) is 0. The van der Waals surface area contributed by atoms with E-state index in [0.717, 1.165) is 12.2 Å². The van der Waals surface area contributed by atoms with Crippen LogP contribution in [0.15, 0.2) is 42.7 Å². The van der Waals surface area contributed by atoms with Gasteiger partial charge in [0.05, 0.1) is 18.4 Å². The summed E-state index contributed by atoms with van der Waals surface area (Å²) in [5.41, 5.74) is 2.42. The number of nitrogens with one attached hydrogen (secondary N) is 1. The van der Waals surface area contributed by atoms with Crippen LogP contribution >= 0.6 is 0 Å². The molecule has 3 heteroatoms. The minimum absolute atomic E-state index is 0.689. The molecule has 1 N–H and O–H groups in total. The van der Waals surface area contributed by atoms with Crippen LogP contribution in [0.1, 0.15) is 18.4 Å². The van der Waals surface area contributed by atoms with Gasteiger partial charge in [-0.25, -0.2) is 0 Å². The Bertz CT molecular complexity index is 457. The SMILES string of the molecule is c1ccc(Cn2cc(NC3CC3)cn2)cc1. The molecule has 0 spiro atoms. The van der Waals surface area contributed by atoms with Crippen molar-refractivity contribution in [1.82, 2.24) is 9.78 Å². The Hall–Kier alpha value is -1.77. The van der Waals surface area contributed by atoms with Gasteiger partial charge in [0.15, 0.2) is 0 Å². The quantitative estimate of drug-likeness (QED) is 0.845. The molecule has 1 heterocycles. The molecule has 0 saturated heterocycles. The van der Waals surface area contributed by atoms with Gasteiger partial charge >= 0.3 is 0 Å². The molecule has 1 saturated carbocycles. The first-order chi connectivity index (χ1) is 7.90. The number of hydrogen-bond acceptors (Lipinski definition) is 2. The van der Waals surface area contributed by atoms with Crippen LogP contribution in [0.3, 0.4) is 0 Å². The molecule has 0 aliphatic heterocycles. The summed E-state index contributed by atoms with van der Waals surface area (Å²) < 4.78 is 1.97. The fourth-order valence-electron chi connectivity index (χ4n) is 1.76. The van der Waals surface area contributed by atoms with E-state index in [9.17, 15) is 0 Å². The van der Waals surface area contributed by atoms with E-state index in [0.29, 0.717) is 6.04 Å².